The Hall–Kier alpha value is -2.56. The third-order valence-electron chi connectivity index (χ3n) is 5.07. The van der Waals surface area contributed by atoms with Gasteiger partial charge in [-0.15, -0.1) is 11.3 Å². The Kier molecular flexibility index (Phi) is 5.98. The average molecular weight is 446 g/mol. The van der Waals surface area contributed by atoms with Gasteiger partial charge in [0, 0.05) is 23.7 Å². The molecule has 0 radical (unpaired) electrons. The summed E-state index contributed by atoms with van der Waals surface area (Å²) in [6.07, 6.45) is 4.44. The van der Waals surface area contributed by atoms with Crippen LogP contribution in [0.5, 0.6) is 0 Å². The number of thiophene rings is 1. The highest BCUT2D eigenvalue weighted by molar-refractivity contribution is 7.91. The molecule has 2 aromatic heterocycles. The fourth-order valence-corrected chi connectivity index (χ4v) is 6.51. The molecular weight excluding hydrogens is 422 g/mol. The SMILES string of the molecule is Cc1ccc(S(=O)(=O)N2CCCC(C(=O)Nc3cccc(Cn4cncn4)c3)C2)s1. The highest BCUT2D eigenvalue weighted by Crippen LogP contribution is 2.28. The molecular formula is C20H23N5O3S2. The van der Waals surface area contributed by atoms with Crippen LogP contribution in [0.15, 0.2) is 53.3 Å². The molecule has 1 aromatic carbocycles. The van der Waals surface area contributed by atoms with E-state index in [9.17, 15) is 13.2 Å². The Morgan fingerprint density at radius 3 is 2.90 bits per heavy atom. The predicted octanol–water partition coefficient (Wildman–Crippen LogP) is 2.74. The van der Waals surface area contributed by atoms with Gasteiger partial charge in [-0.25, -0.2) is 18.1 Å². The van der Waals surface area contributed by atoms with Gasteiger partial charge in [0.1, 0.15) is 16.9 Å². The lowest BCUT2D eigenvalue weighted by Gasteiger charge is -2.30. The highest BCUT2D eigenvalue weighted by Gasteiger charge is 2.34. The average Bonchev–Trinajstić information content (AvgIpc) is 3.40. The minimum Gasteiger partial charge on any atom is -0.326 e. The number of anilines is 1. The van der Waals surface area contributed by atoms with Gasteiger partial charge in [-0.1, -0.05) is 12.1 Å². The molecule has 1 unspecified atom stereocenters. The second kappa shape index (κ2) is 8.66. The molecule has 158 valence electrons. The molecule has 1 aliphatic heterocycles. The first kappa shape index (κ1) is 20.7. The molecule has 8 nitrogen and oxygen atoms in total. The molecule has 0 spiro atoms. The van der Waals surface area contributed by atoms with Crippen molar-refractivity contribution < 1.29 is 13.2 Å². The molecule has 1 aliphatic rings. The number of aromatic nitrogens is 3. The molecule has 1 fully saturated rings. The van der Waals surface area contributed by atoms with Crippen LogP contribution in [0.25, 0.3) is 0 Å². The molecule has 1 saturated heterocycles. The number of hydrogen-bond acceptors (Lipinski definition) is 6. The maximum absolute atomic E-state index is 12.9. The summed E-state index contributed by atoms with van der Waals surface area (Å²) in [5.74, 6) is -0.538. The van der Waals surface area contributed by atoms with E-state index in [0.29, 0.717) is 35.8 Å². The lowest BCUT2D eigenvalue weighted by Crippen LogP contribution is -2.43. The lowest BCUT2D eigenvalue weighted by molar-refractivity contribution is -0.120. The standard InChI is InChI=1S/C20H23N5O3S2/c1-15-7-8-19(29-15)30(27,28)25-9-3-5-17(12-25)20(26)23-18-6-2-4-16(10-18)11-24-14-21-13-22-24/h2,4,6-8,10,13-14,17H,3,5,9,11-12H2,1H3,(H,23,26). The zero-order valence-electron chi connectivity index (χ0n) is 16.6. The fraction of sp³-hybridized carbons (Fsp3) is 0.350. The van der Waals surface area contributed by atoms with Crippen molar-refractivity contribution >= 4 is 33.0 Å². The molecule has 0 saturated carbocycles. The summed E-state index contributed by atoms with van der Waals surface area (Å²) in [4.78, 5) is 17.7. The predicted molar refractivity (Wildman–Crippen MR) is 115 cm³/mol. The van der Waals surface area contributed by atoms with Gasteiger partial charge in [-0.05, 0) is 49.6 Å². The molecule has 30 heavy (non-hydrogen) atoms. The van der Waals surface area contributed by atoms with Gasteiger partial charge in [0.25, 0.3) is 10.0 Å². The van der Waals surface area contributed by atoms with Gasteiger partial charge in [0.15, 0.2) is 0 Å². The fourth-order valence-electron chi connectivity index (χ4n) is 3.55. The van der Waals surface area contributed by atoms with Crippen molar-refractivity contribution in [2.45, 2.75) is 30.5 Å². The third kappa shape index (κ3) is 4.61. The van der Waals surface area contributed by atoms with E-state index in [1.165, 1.54) is 22.0 Å². The van der Waals surface area contributed by atoms with Gasteiger partial charge in [0.05, 0.1) is 12.5 Å². The molecule has 3 aromatic rings. The van der Waals surface area contributed by atoms with E-state index in [-0.39, 0.29) is 18.4 Å². The van der Waals surface area contributed by atoms with Crippen molar-refractivity contribution in [3.05, 3.63) is 59.5 Å². The van der Waals surface area contributed by atoms with Crippen LogP contribution in [0.1, 0.15) is 23.3 Å². The highest BCUT2D eigenvalue weighted by atomic mass is 32.2. The maximum atomic E-state index is 12.9. The number of aryl methyl sites for hydroxylation is 1. The monoisotopic (exact) mass is 445 g/mol. The summed E-state index contributed by atoms with van der Waals surface area (Å²) in [5.41, 5.74) is 1.67. The van der Waals surface area contributed by atoms with Crippen LogP contribution >= 0.6 is 11.3 Å². The summed E-state index contributed by atoms with van der Waals surface area (Å²) in [6, 6.07) is 11.0. The van der Waals surface area contributed by atoms with Crippen molar-refractivity contribution in [3.8, 4) is 0 Å². The molecule has 0 bridgehead atoms. The van der Waals surface area contributed by atoms with E-state index in [0.717, 1.165) is 10.4 Å². The molecule has 1 amide bonds. The number of carbonyl (C=O) groups excluding carboxylic acids is 1. The second-order valence-electron chi connectivity index (χ2n) is 7.35. The zero-order valence-corrected chi connectivity index (χ0v) is 18.2. The number of amides is 1. The largest absolute Gasteiger partial charge is 0.326 e. The van der Waals surface area contributed by atoms with Crippen molar-refractivity contribution in [1.82, 2.24) is 19.1 Å². The molecule has 0 aliphatic carbocycles. The third-order valence-corrected chi connectivity index (χ3v) is 8.40. The van der Waals surface area contributed by atoms with E-state index in [1.54, 1.807) is 23.1 Å². The van der Waals surface area contributed by atoms with Gasteiger partial charge < -0.3 is 5.32 Å². The Labute approximate surface area is 179 Å². The van der Waals surface area contributed by atoms with Gasteiger partial charge in [0.2, 0.25) is 5.91 Å². The topological polar surface area (TPSA) is 97.2 Å². The number of hydrogen-bond donors (Lipinski definition) is 1. The number of nitrogens with zero attached hydrogens (tertiary/aromatic N) is 4. The molecule has 10 heteroatoms. The van der Waals surface area contributed by atoms with E-state index in [4.69, 9.17) is 0 Å². The Morgan fingerprint density at radius 1 is 1.30 bits per heavy atom. The maximum Gasteiger partial charge on any atom is 0.252 e. The van der Waals surface area contributed by atoms with Crippen LogP contribution in [-0.2, 0) is 21.4 Å². The van der Waals surface area contributed by atoms with Crippen molar-refractivity contribution in [3.63, 3.8) is 0 Å². The van der Waals surface area contributed by atoms with Crippen LogP contribution in [0, 0.1) is 12.8 Å². The van der Waals surface area contributed by atoms with Gasteiger partial charge in [-0.2, -0.15) is 9.40 Å². The zero-order chi connectivity index (χ0) is 21.1. The minimum atomic E-state index is -3.56. The van der Waals surface area contributed by atoms with Crippen LogP contribution in [0.4, 0.5) is 5.69 Å². The number of sulfonamides is 1. The quantitative estimate of drug-likeness (QED) is 0.629. The van der Waals surface area contributed by atoms with E-state index in [1.807, 2.05) is 31.2 Å². The first-order valence-electron chi connectivity index (χ1n) is 9.70. The van der Waals surface area contributed by atoms with Crippen LogP contribution in [0.2, 0.25) is 0 Å². The number of rotatable bonds is 6. The van der Waals surface area contributed by atoms with Gasteiger partial charge in [-0.3, -0.25) is 4.79 Å². The Bertz CT molecular complexity index is 1130. The van der Waals surface area contributed by atoms with Crippen LogP contribution in [-0.4, -0.2) is 46.5 Å². The van der Waals surface area contributed by atoms with Crippen molar-refractivity contribution in [1.29, 1.82) is 0 Å². The summed E-state index contributed by atoms with van der Waals surface area (Å²) >= 11 is 1.26. The molecule has 4 rings (SSSR count). The second-order valence-corrected chi connectivity index (χ2v) is 10.8. The Morgan fingerprint density at radius 2 is 2.17 bits per heavy atom. The van der Waals surface area contributed by atoms with E-state index in [2.05, 4.69) is 15.4 Å². The van der Waals surface area contributed by atoms with Crippen molar-refractivity contribution in [2.75, 3.05) is 18.4 Å². The molecule has 1 N–H and O–H groups in total. The molecule has 3 heterocycles. The summed E-state index contributed by atoms with van der Waals surface area (Å²) < 4.78 is 29.3. The van der Waals surface area contributed by atoms with Gasteiger partial charge >= 0.3 is 0 Å². The summed E-state index contributed by atoms with van der Waals surface area (Å²) in [5, 5.41) is 7.03. The first-order chi connectivity index (χ1) is 14.4. The Balaban J connectivity index is 1.42. The van der Waals surface area contributed by atoms with Crippen molar-refractivity contribution in [2.24, 2.45) is 5.92 Å². The number of nitrogens with one attached hydrogen (secondary N) is 1. The minimum absolute atomic E-state index is 0.157. The van der Waals surface area contributed by atoms with Crippen LogP contribution < -0.4 is 5.32 Å². The normalized spacial score (nSPS) is 17.7. The number of benzene rings is 1. The number of carbonyl (C=O) groups is 1. The lowest BCUT2D eigenvalue weighted by atomic mass is 9.98. The van der Waals surface area contributed by atoms with E-state index < -0.39 is 10.0 Å². The first-order valence-corrected chi connectivity index (χ1v) is 12.0. The van der Waals surface area contributed by atoms with Crippen LogP contribution in [0.3, 0.4) is 0 Å². The molecule has 1 atom stereocenters. The number of piperidine rings is 1. The summed E-state index contributed by atoms with van der Waals surface area (Å²) in [7, 11) is -3.56. The summed E-state index contributed by atoms with van der Waals surface area (Å²) in [6.45, 7) is 3.08. The van der Waals surface area contributed by atoms with E-state index >= 15 is 0 Å². The smallest absolute Gasteiger partial charge is 0.252 e.